The molecule has 0 amide bonds. The van der Waals surface area contributed by atoms with E-state index in [1.165, 1.54) is 24.8 Å². The maximum absolute atomic E-state index is 6.32. The summed E-state index contributed by atoms with van der Waals surface area (Å²) in [5.74, 6) is 0.799. The van der Waals surface area contributed by atoms with Crippen molar-refractivity contribution in [2.45, 2.75) is 50.4 Å². The monoisotopic (exact) mass is 295 g/mol. The number of ether oxygens (including phenoxy) is 2. The van der Waals surface area contributed by atoms with E-state index in [1.807, 2.05) is 19.2 Å². The van der Waals surface area contributed by atoms with E-state index in [-0.39, 0.29) is 11.7 Å². The third-order valence-electron chi connectivity index (χ3n) is 4.38. The van der Waals surface area contributed by atoms with Crippen LogP contribution in [-0.2, 0) is 11.3 Å². The van der Waals surface area contributed by atoms with Crippen LogP contribution in [0.2, 0.25) is 5.02 Å². The minimum absolute atomic E-state index is 0.113. The lowest BCUT2D eigenvalue weighted by atomic mass is 9.74. The molecule has 1 saturated heterocycles. The van der Waals surface area contributed by atoms with E-state index in [4.69, 9.17) is 21.1 Å². The molecular weight excluding hydrogens is 274 g/mol. The molecule has 1 atom stereocenters. The standard InChI is InChI=1S/C16H22ClNO2/c1-18-11-12-3-4-15(14(17)9-12)20-13-5-8-19-16(10-13)6-2-7-16/h3-4,9,13,18H,2,5-8,10-11H2,1H3. The van der Waals surface area contributed by atoms with Crippen LogP contribution in [0.25, 0.3) is 0 Å². The van der Waals surface area contributed by atoms with E-state index >= 15 is 0 Å². The van der Waals surface area contributed by atoms with Crippen molar-refractivity contribution in [3.05, 3.63) is 28.8 Å². The third-order valence-corrected chi connectivity index (χ3v) is 4.68. The van der Waals surface area contributed by atoms with Gasteiger partial charge in [-0.05, 0) is 44.0 Å². The van der Waals surface area contributed by atoms with Crippen molar-refractivity contribution in [2.24, 2.45) is 0 Å². The lowest BCUT2D eigenvalue weighted by molar-refractivity contribution is -0.153. The highest BCUT2D eigenvalue weighted by Crippen LogP contribution is 2.43. The van der Waals surface area contributed by atoms with E-state index in [9.17, 15) is 0 Å². The molecule has 110 valence electrons. The average Bonchev–Trinajstić information content (AvgIpc) is 2.41. The molecule has 1 heterocycles. The van der Waals surface area contributed by atoms with Gasteiger partial charge in [-0.15, -0.1) is 0 Å². The fourth-order valence-electron chi connectivity index (χ4n) is 3.14. The van der Waals surface area contributed by atoms with Crippen molar-refractivity contribution in [3.8, 4) is 5.75 Å². The lowest BCUT2D eigenvalue weighted by Crippen LogP contribution is -2.48. The zero-order valence-electron chi connectivity index (χ0n) is 12.0. The first-order valence-corrected chi connectivity index (χ1v) is 7.82. The Balaban J connectivity index is 1.65. The summed E-state index contributed by atoms with van der Waals surface area (Å²) in [7, 11) is 1.93. The minimum atomic E-state index is 0.113. The molecule has 0 bridgehead atoms. The van der Waals surface area contributed by atoms with Gasteiger partial charge in [-0.2, -0.15) is 0 Å². The van der Waals surface area contributed by atoms with Crippen molar-refractivity contribution in [1.29, 1.82) is 0 Å². The maximum atomic E-state index is 6.32. The summed E-state index contributed by atoms with van der Waals surface area (Å²) < 4.78 is 12.0. The number of hydrogen-bond donors (Lipinski definition) is 1. The van der Waals surface area contributed by atoms with Crippen molar-refractivity contribution >= 4 is 11.6 Å². The Morgan fingerprint density at radius 1 is 1.45 bits per heavy atom. The number of halogens is 1. The second-order valence-corrected chi connectivity index (χ2v) is 6.32. The molecule has 1 spiro atoms. The quantitative estimate of drug-likeness (QED) is 0.921. The fraction of sp³-hybridized carbons (Fsp3) is 0.625. The smallest absolute Gasteiger partial charge is 0.138 e. The molecule has 4 heteroatoms. The Labute approximate surface area is 125 Å². The molecule has 2 aliphatic rings. The van der Waals surface area contributed by atoms with Crippen molar-refractivity contribution in [1.82, 2.24) is 5.32 Å². The van der Waals surface area contributed by atoms with Gasteiger partial charge in [-0.3, -0.25) is 0 Å². The van der Waals surface area contributed by atoms with Crippen molar-refractivity contribution in [2.75, 3.05) is 13.7 Å². The van der Waals surface area contributed by atoms with Gasteiger partial charge >= 0.3 is 0 Å². The summed E-state index contributed by atoms with van der Waals surface area (Å²) in [6.45, 7) is 1.63. The predicted octanol–water partition coefficient (Wildman–Crippen LogP) is 3.54. The molecule has 0 aromatic heterocycles. The van der Waals surface area contributed by atoms with Crippen LogP contribution in [0.1, 0.15) is 37.7 Å². The molecule has 1 aliphatic carbocycles. The molecule has 20 heavy (non-hydrogen) atoms. The van der Waals surface area contributed by atoms with Crippen LogP contribution in [0.15, 0.2) is 18.2 Å². The number of hydrogen-bond acceptors (Lipinski definition) is 3. The first-order valence-electron chi connectivity index (χ1n) is 7.44. The highest BCUT2D eigenvalue weighted by Gasteiger charge is 2.43. The number of benzene rings is 1. The first-order chi connectivity index (χ1) is 9.71. The SMILES string of the molecule is CNCc1ccc(OC2CCOC3(CCC3)C2)c(Cl)c1. The average molecular weight is 296 g/mol. The number of nitrogens with one attached hydrogen (secondary N) is 1. The second-order valence-electron chi connectivity index (χ2n) is 5.91. The summed E-state index contributed by atoms with van der Waals surface area (Å²) >= 11 is 6.32. The van der Waals surface area contributed by atoms with Crippen LogP contribution in [0.3, 0.4) is 0 Å². The van der Waals surface area contributed by atoms with Gasteiger partial charge in [0.25, 0.3) is 0 Å². The normalized spacial score (nSPS) is 24.4. The molecule has 2 fully saturated rings. The van der Waals surface area contributed by atoms with Gasteiger partial charge in [0.15, 0.2) is 0 Å². The summed E-state index contributed by atoms with van der Waals surface area (Å²) in [4.78, 5) is 0. The van der Waals surface area contributed by atoms with Crippen LogP contribution in [0, 0.1) is 0 Å². The fourth-order valence-corrected chi connectivity index (χ4v) is 3.38. The summed E-state index contributed by atoms with van der Waals surface area (Å²) in [5, 5.41) is 3.82. The van der Waals surface area contributed by atoms with Crippen LogP contribution in [0.5, 0.6) is 5.75 Å². The van der Waals surface area contributed by atoms with Crippen LogP contribution < -0.4 is 10.1 Å². The molecule has 1 aliphatic heterocycles. The van der Waals surface area contributed by atoms with Crippen molar-refractivity contribution < 1.29 is 9.47 Å². The highest BCUT2D eigenvalue weighted by molar-refractivity contribution is 6.32. The van der Waals surface area contributed by atoms with Crippen LogP contribution >= 0.6 is 11.6 Å². The summed E-state index contributed by atoms with van der Waals surface area (Å²) in [5.41, 5.74) is 1.29. The van der Waals surface area contributed by atoms with E-state index in [1.54, 1.807) is 0 Å². The molecule has 1 aromatic rings. The van der Waals surface area contributed by atoms with E-state index < -0.39 is 0 Å². The zero-order chi connectivity index (χ0) is 14.0. The van der Waals surface area contributed by atoms with Crippen LogP contribution in [0.4, 0.5) is 0 Å². The summed E-state index contributed by atoms with van der Waals surface area (Å²) in [6.07, 6.45) is 5.84. The third kappa shape index (κ3) is 2.95. The Hall–Kier alpha value is -0.770. The van der Waals surface area contributed by atoms with E-state index in [2.05, 4.69) is 11.4 Å². The molecule has 1 unspecified atom stereocenters. The molecule has 1 N–H and O–H groups in total. The highest BCUT2D eigenvalue weighted by atomic mass is 35.5. The zero-order valence-corrected chi connectivity index (χ0v) is 12.7. The number of rotatable bonds is 4. The van der Waals surface area contributed by atoms with Gasteiger partial charge < -0.3 is 14.8 Å². The second kappa shape index (κ2) is 5.92. The Morgan fingerprint density at radius 2 is 2.30 bits per heavy atom. The van der Waals surface area contributed by atoms with Gasteiger partial charge in [0.2, 0.25) is 0 Å². The van der Waals surface area contributed by atoms with Crippen molar-refractivity contribution in [3.63, 3.8) is 0 Å². The van der Waals surface area contributed by atoms with Gasteiger partial charge in [0.05, 0.1) is 17.2 Å². The lowest BCUT2D eigenvalue weighted by Gasteiger charge is -2.46. The molecule has 0 radical (unpaired) electrons. The van der Waals surface area contributed by atoms with Gasteiger partial charge in [0.1, 0.15) is 11.9 Å². The molecule has 1 aromatic carbocycles. The topological polar surface area (TPSA) is 30.5 Å². The van der Waals surface area contributed by atoms with E-state index in [0.29, 0.717) is 5.02 Å². The Morgan fingerprint density at radius 3 is 2.95 bits per heavy atom. The molecule has 3 nitrogen and oxygen atoms in total. The molecular formula is C16H22ClNO2. The van der Waals surface area contributed by atoms with Gasteiger partial charge in [-0.1, -0.05) is 17.7 Å². The Kier molecular flexibility index (Phi) is 4.20. The summed E-state index contributed by atoms with van der Waals surface area (Å²) in [6, 6.07) is 6.03. The minimum Gasteiger partial charge on any atom is -0.489 e. The largest absolute Gasteiger partial charge is 0.489 e. The molecule has 1 saturated carbocycles. The van der Waals surface area contributed by atoms with Crippen LogP contribution in [-0.4, -0.2) is 25.4 Å². The Bertz CT molecular complexity index is 474. The first kappa shape index (κ1) is 14.2. The molecule has 3 rings (SSSR count). The van der Waals surface area contributed by atoms with Gasteiger partial charge in [-0.25, -0.2) is 0 Å². The van der Waals surface area contributed by atoms with E-state index in [0.717, 1.165) is 31.7 Å². The maximum Gasteiger partial charge on any atom is 0.138 e. The van der Waals surface area contributed by atoms with Gasteiger partial charge in [0, 0.05) is 19.4 Å². The predicted molar refractivity (Wildman–Crippen MR) is 80.4 cm³/mol.